The van der Waals surface area contributed by atoms with E-state index in [1.807, 2.05) is 19.9 Å². The first-order valence-electron chi connectivity index (χ1n) is 8.22. The Morgan fingerprint density at radius 2 is 1.85 bits per heavy atom. The van der Waals surface area contributed by atoms with Crippen LogP contribution in [0, 0.1) is 13.8 Å². The van der Waals surface area contributed by atoms with Gasteiger partial charge in [0, 0.05) is 25.1 Å². The van der Waals surface area contributed by atoms with Crippen LogP contribution in [0.2, 0.25) is 0 Å². The third kappa shape index (κ3) is 4.21. The summed E-state index contributed by atoms with van der Waals surface area (Å²) >= 11 is 0. The molecule has 8 heteroatoms. The Balaban J connectivity index is 2.03. The first-order valence-corrected chi connectivity index (χ1v) is 8.22. The van der Waals surface area contributed by atoms with Crippen LogP contribution in [0.3, 0.4) is 0 Å². The molecule has 0 fully saturated rings. The van der Waals surface area contributed by atoms with Crippen LogP contribution in [0.5, 0.6) is 0 Å². The molecule has 0 aliphatic heterocycles. The first kappa shape index (κ1) is 18.8. The number of aryl methyl sites for hydroxylation is 2. The van der Waals surface area contributed by atoms with Crippen molar-refractivity contribution in [3.8, 4) is 5.82 Å². The van der Waals surface area contributed by atoms with Crippen molar-refractivity contribution in [3.63, 3.8) is 0 Å². The number of aromatic nitrogens is 4. The Labute approximate surface area is 153 Å². The van der Waals surface area contributed by atoms with Gasteiger partial charge in [-0.15, -0.1) is 0 Å². The van der Waals surface area contributed by atoms with Gasteiger partial charge in [0.15, 0.2) is 11.6 Å². The second-order valence-corrected chi connectivity index (χ2v) is 6.30. The molecule has 0 unspecified atom stereocenters. The molecule has 140 valence electrons. The predicted octanol–water partition coefficient (Wildman–Crippen LogP) is 4.09. The van der Waals surface area contributed by atoms with Gasteiger partial charge in [0.2, 0.25) is 0 Å². The molecular weight excluding hydrogens is 357 g/mol. The zero-order chi connectivity index (χ0) is 19.8. The van der Waals surface area contributed by atoms with Crippen LogP contribution < -0.4 is 0 Å². The molecule has 5 nitrogen and oxygen atoms in total. The van der Waals surface area contributed by atoms with Crippen LogP contribution in [0.15, 0.2) is 36.4 Å². The van der Waals surface area contributed by atoms with E-state index in [0.29, 0.717) is 11.4 Å². The first-order chi connectivity index (χ1) is 12.6. The van der Waals surface area contributed by atoms with Gasteiger partial charge >= 0.3 is 6.18 Å². The van der Waals surface area contributed by atoms with Gasteiger partial charge in [-0.3, -0.25) is 4.79 Å². The van der Waals surface area contributed by atoms with E-state index in [1.165, 1.54) is 19.1 Å². The number of ketones is 1. The monoisotopic (exact) mass is 374 g/mol. The smallest absolute Gasteiger partial charge is 0.293 e. The molecule has 3 aromatic rings. The van der Waals surface area contributed by atoms with Crippen LogP contribution in [0.4, 0.5) is 13.2 Å². The average molecular weight is 374 g/mol. The SMILES string of the molecule is CC(=O)c1cc(-n2nc(C)cc2C)nc(Cc2cccc(C(F)(F)F)c2)n1. The normalized spacial score (nSPS) is 11.6. The Bertz CT molecular complexity index is 1010. The number of alkyl halides is 3. The lowest BCUT2D eigenvalue weighted by Gasteiger charge is -2.10. The van der Waals surface area contributed by atoms with E-state index in [2.05, 4.69) is 15.1 Å². The van der Waals surface area contributed by atoms with Gasteiger partial charge in [-0.05, 0) is 31.5 Å². The largest absolute Gasteiger partial charge is 0.416 e. The fraction of sp³-hybridized carbons (Fsp3) is 0.263. The average Bonchev–Trinajstić information content (AvgIpc) is 2.92. The number of carbonyl (C=O) groups excluding carboxylic acids is 1. The second-order valence-electron chi connectivity index (χ2n) is 6.30. The highest BCUT2D eigenvalue weighted by Crippen LogP contribution is 2.29. The molecule has 0 atom stereocenters. The molecule has 1 aromatic carbocycles. The molecule has 0 aliphatic rings. The summed E-state index contributed by atoms with van der Waals surface area (Å²) in [5, 5.41) is 4.34. The highest BCUT2D eigenvalue weighted by Gasteiger charge is 2.30. The summed E-state index contributed by atoms with van der Waals surface area (Å²) in [5.41, 5.74) is 1.47. The number of carbonyl (C=O) groups is 1. The van der Waals surface area contributed by atoms with E-state index in [0.717, 1.165) is 23.5 Å². The minimum atomic E-state index is -4.42. The van der Waals surface area contributed by atoms with Crippen molar-refractivity contribution in [3.05, 3.63) is 70.4 Å². The van der Waals surface area contributed by atoms with Crippen molar-refractivity contribution in [1.82, 2.24) is 19.7 Å². The van der Waals surface area contributed by atoms with Gasteiger partial charge in [-0.2, -0.15) is 18.3 Å². The van der Waals surface area contributed by atoms with Crippen molar-refractivity contribution in [1.29, 1.82) is 0 Å². The molecule has 2 aromatic heterocycles. The second kappa shape index (κ2) is 6.94. The number of hydrogen-bond donors (Lipinski definition) is 0. The maximum Gasteiger partial charge on any atom is 0.416 e. The number of nitrogens with zero attached hydrogens (tertiary/aromatic N) is 4. The molecule has 3 rings (SSSR count). The molecule has 0 aliphatic carbocycles. The molecular formula is C19H17F3N4O. The Morgan fingerprint density at radius 1 is 1.11 bits per heavy atom. The number of rotatable bonds is 4. The summed E-state index contributed by atoms with van der Waals surface area (Å²) in [6.45, 7) is 5.06. The molecule has 0 radical (unpaired) electrons. The number of benzene rings is 1. The van der Waals surface area contributed by atoms with Crippen LogP contribution in [-0.2, 0) is 12.6 Å². The highest BCUT2D eigenvalue weighted by molar-refractivity contribution is 5.92. The summed E-state index contributed by atoms with van der Waals surface area (Å²) in [6, 6.07) is 8.38. The molecule has 0 amide bonds. The fourth-order valence-corrected chi connectivity index (χ4v) is 2.75. The van der Waals surface area contributed by atoms with E-state index in [1.54, 1.807) is 10.7 Å². The predicted molar refractivity (Wildman–Crippen MR) is 92.9 cm³/mol. The number of Topliss-reactive ketones (excluding diaryl/α,β-unsaturated/α-hetero) is 1. The Morgan fingerprint density at radius 3 is 2.44 bits per heavy atom. The van der Waals surface area contributed by atoms with Crippen molar-refractivity contribution >= 4 is 5.78 Å². The van der Waals surface area contributed by atoms with Crippen LogP contribution in [-0.4, -0.2) is 25.5 Å². The van der Waals surface area contributed by atoms with Gasteiger partial charge in [-0.25, -0.2) is 14.6 Å². The maximum atomic E-state index is 12.9. The summed E-state index contributed by atoms with van der Waals surface area (Å²) in [7, 11) is 0. The minimum Gasteiger partial charge on any atom is -0.293 e. The van der Waals surface area contributed by atoms with Gasteiger partial charge in [-0.1, -0.05) is 18.2 Å². The molecule has 0 saturated heterocycles. The van der Waals surface area contributed by atoms with Gasteiger partial charge in [0.25, 0.3) is 0 Å². The summed E-state index contributed by atoms with van der Waals surface area (Å²) in [4.78, 5) is 20.4. The zero-order valence-corrected chi connectivity index (χ0v) is 15.0. The molecule has 2 heterocycles. The van der Waals surface area contributed by atoms with Crippen LogP contribution in [0.25, 0.3) is 5.82 Å². The Kier molecular flexibility index (Phi) is 4.82. The van der Waals surface area contributed by atoms with E-state index >= 15 is 0 Å². The third-order valence-corrected chi connectivity index (χ3v) is 3.96. The number of hydrogen-bond acceptors (Lipinski definition) is 4. The van der Waals surface area contributed by atoms with Crippen LogP contribution in [0.1, 0.15) is 45.8 Å². The van der Waals surface area contributed by atoms with E-state index < -0.39 is 11.7 Å². The standard InChI is InChI=1S/C19H17F3N4O/c1-11-7-12(2)26(25-11)18-10-16(13(3)27)23-17(24-18)9-14-5-4-6-15(8-14)19(20,21)22/h4-8,10H,9H2,1-3H3. The molecule has 27 heavy (non-hydrogen) atoms. The van der Waals surface area contributed by atoms with E-state index in [-0.39, 0.29) is 23.7 Å². The lowest BCUT2D eigenvalue weighted by Crippen LogP contribution is -2.11. The van der Waals surface area contributed by atoms with Gasteiger partial charge < -0.3 is 0 Å². The molecule has 0 saturated carbocycles. The number of halogens is 3. The molecule has 0 bridgehead atoms. The molecule has 0 spiro atoms. The zero-order valence-electron chi connectivity index (χ0n) is 15.0. The third-order valence-electron chi connectivity index (χ3n) is 3.96. The van der Waals surface area contributed by atoms with Crippen molar-refractivity contribution in [2.45, 2.75) is 33.4 Å². The topological polar surface area (TPSA) is 60.7 Å². The summed E-state index contributed by atoms with van der Waals surface area (Å²) in [6.07, 6.45) is -4.36. The van der Waals surface area contributed by atoms with Crippen molar-refractivity contribution < 1.29 is 18.0 Å². The molecule has 0 N–H and O–H groups in total. The minimum absolute atomic E-state index is 0.0668. The fourth-order valence-electron chi connectivity index (χ4n) is 2.75. The van der Waals surface area contributed by atoms with Crippen molar-refractivity contribution in [2.24, 2.45) is 0 Å². The maximum absolute atomic E-state index is 12.9. The van der Waals surface area contributed by atoms with E-state index in [4.69, 9.17) is 0 Å². The summed E-state index contributed by atoms with van der Waals surface area (Å²) < 4.78 is 40.3. The Hall–Kier alpha value is -3.03. The highest BCUT2D eigenvalue weighted by atomic mass is 19.4. The van der Waals surface area contributed by atoms with E-state index in [9.17, 15) is 18.0 Å². The lowest BCUT2D eigenvalue weighted by atomic mass is 10.1. The van der Waals surface area contributed by atoms with Gasteiger partial charge in [0.1, 0.15) is 11.5 Å². The lowest BCUT2D eigenvalue weighted by molar-refractivity contribution is -0.137. The van der Waals surface area contributed by atoms with Crippen molar-refractivity contribution in [2.75, 3.05) is 0 Å². The van der Waals surface area contributed by atoms with Crippen LogP contribution >= 0.6 is 0 Å². The van der Waals surface area contributed by atoms with Gasteiger partial charge in [0.05, 0.1) is 11.3 Å². The quantitative estimate of drug-likeness (QED) is 0.646. The summed E-state index contributed by atoms with van der Waals surface area (Å²) in [5.74, 6) is 0.401.